The summed E-state index contributed by atoms with van der Waals surface area (Å²) in [5, 5.41) is 9.08. The Labute approximate surface area is 206 Å². The number of carboxylic acids is 1. The monoisotopic (exact) mass is 504 g/mol. The third-order valence-electron chi connectivity index (χ3n) is 7.41. The van der Waals surface area contributed by atoms with Crippen LogP contribution in [0.1, 0.15) is 59.5 Å². The minimum atomic E-state index is -4.72. The summed E-state index contributed by atoms with van der Waals surface area (Å²) in [6.45, 7) is 2.34. The summed E-state index contributed by atoms with van der Waals surface area (Å²) >= 11 is 0. The number of rotatable bonds is 6. The van der Waals surface area contributed by atoms with Gasteiger partial charge in [0.15, 0.2) is 0 Å². The molecule has 2 aromatic carbocycles. The van der Waals surface area contributed by atoms with E-state index < -0.39 is 24.0 Å². The SMILES string of the molecule is O=C(O)c1ccc(N2CC3(CCN(Cc4ccc(OC(F)(F)F)c(C5CCC5)c4)CC3)OC2=O)cc1. The number of carbonyl (C=O) groups excluding carboxylic acids is 1. The highest BCUT2D eigenvalue weighted by molar-refractivity contribution is 5.92. The highest BCUT2D eigenvalue weighted by Crippen LogP contribution is 2.43. The molecule has 0 aromatic heterocycles. The van der Waals surface area contributed by atoms with Crippen LogP contribution in [0.15, 0.2) is 42.5 Å². The Bertz CT molecular complexity index is 1140. The van der Waals surface area contributed by atoms with E-state index in [1.807, 2.05) is 6.07 Å². The molecule has 7 nitrogen and oxygen atoms in total. The fourth-order valence-corrected chi connectivity index (χ4v) is 5.20. The summed E-state index contributed by atoms with van der Waals surface area (Å²) in [6, 6.07) is 11.1. The zero-order chi connectivity index (χ0) is 25.5. The van der Waals surface area contributed by atoms with E-state index in [1.165, 1.54) is 23.1 Å². The number of hydrogen-bond donors (Lipinski definition) is 1. The molecular weight excluding hydrogens is 477 g/mol. The molecule has 2 heterocycles. The first-order chi connectivity index (χ1) is 17.1. The van der Waals surface area contributed by atoms with E-state index in [0.29, 0.717) is 50.3 Å². The molecule has 2 aliphatic heterocycles. The van der Waals surface area contributed by atoms with Crippen LogP contribution in [0, 0.1) is 0 Å². The summed E-state index contributed by atoms with van der Waals surface area (Å²) in [5.74, 6) is -1.04. The van der Waals surface area contributed by atoms with Gasteiger partial charge in [-0.2, -0.15) is 0 Å². The van der Waals surface area contributed by atoms with Crippen LogP contribution in [0.4, 0.5) is 23.7 Å². The first-order valence-corrected chi connectivity index (χ1v) is 12.1. The molecule has 1 aliphatic carbocycles. The van der Waals surface area contributed by atoms with Crippen molar-refractivity contribution in [3.05, 3.63) is 59.2 Å². The quantitative estimate of drug-likeness (QED) is 0.556. The second-order valence-electron chi connectivity index (χ2n) is 9.81. The maximum Gasteiger partial charge on any atom is 0.573 e. The number of piperidine rings is 1. The van der Waals surface area contributed by atoms with Crippen LogP contribution in [0.2, 0.25) is 0 Å². The van der Waals surface area contributed by atoms with Crippen LogP contribution in [0.25, 0.3) is 0 Å². The van der Waals surface area contributed by atoms with Crippen LogP contribution in [-0.4, -0.2) is 53.7 Å². The number of carboxylic acid groups (broad SMARTS) is 1. The van der Waals surface area contributed by atoms with Gasteiger partial charge in [-0.15, -0.1) is 13.2 Å². The van der Waals surface area contributed by atoms with E-state index in [1.54, 1.807) is 18.2 Å². The minimum Gasteiger partial charge on any atom is -0.478 e. The molecule has 1 amide bonds. The van der Waals surface area contributed by atoms with Crippen molar-refractivity contribution < 1.29 is 37.3 Å². The first-order valence-electron chi connectivity index (χ1n) is 12.1. The van der Waals surface area contributed by atoms with Gasteiger partial charge in [-0.25, -0.2) is 9.59 Å². The summed E-state index contributed by atoms with van der Waals surface area (Å²) < 4.78 is 48.6. The number of nitrogens with zero attached hydrogens (tertiary/aromatic N) is 2. The Morgan fingerprint density at radius 1 is 1.11 bits per heavy atom. The van der Waals surface area contributed by atoms with Gasteiger partial charge < -0.3 is 14.6 Å². The lowest BCUT2D eigenvalue weighted by molar-refractivity contribution is -0.275. The fraction of sp³-hybridized carbons (Fsp3) is 0.462. The van der Waals surface area contributed by atoms with Gasteiger partial charge in [0, 0.05) is 38.2 Å². The highest BCUT2D eigenvalue weighted by atomic mass is 19.4. The van der Waals surface area contributed by atoms with Gasteiger partial charge in [0.1, 0.15) is 11.4 Å². The Balaban J connectivity index is 1.22. The Kier molecular flexibility index (Phi) is 6.32. The molecule has 36 heavy (non-hydrogen) atoms. The van der Waals surface area contributed by atoms with Gasteiger partial charge in [0.25, 0.3) is 0 Å². The van der Waals surface area contributed by atoms with Crippen LogP contribution in [0.5, 0.6) is 5.75 Å². The molecular formula is C26H27F3N2O5. The molecule has 1 N–H and O–H groups in total. The van der Waals surface area contributed by atoms with Gasteiger partial charge in [0.05, 0.1) is 12.1 Å². The maximum atomic E-state index is 12.8. The van der Waals surface area contributed by atoms with Crippen molar-refractivity contribution in [1.29, 1.82) is 0 Å². The van der Waals surface area contributed by atoms with Crippen molar-refractivity contribution in [3.8, 4) is 5.75 Å². The standard InChI is InChI=1S/C26H27F3N2O5/c27-26(28,29)35-22-9-4-17(14-21(22)18-2-1-3-18)15-30-12-10-25(11-13-30)16-31(24(34)36-25)20-7-5-19(6-8-20)23(32)33/h4-9,14,18H,1-3,10-13,15-16H2,(H,32,33). The van der Waals surface area contributed by atoms with Crippen molar-refractivity contribution in [3.63, 3.8) is 0 Å². The zero-order valence-corrected chi connectivity index (χ0v) is 19.6. The molecule has 0 atom stereocenters. The molecule has 10 heteroatoms. The Morgan fingerprint density at radius 3 is 2.39 bits per heavy atom. The molecule has 3 fully saturated rings. The Hall–Kier alpha value is -3.27. The third-order valence-corrected chi connectivity index (χ3v) is 7.41. The number of halogens is 3. The van der Waals surface area contributed by atoms with E-state index >= 15 is 0 Å². The molecule has 0 unspecified atom stereocenters. The second-order valence-corrected chi connectivity index (χ2v) is 9.81. The third kappa shape index (κ3) is 5.13. The van der Waals surface area contributed by atoms with E-state index in [-0.39, 0.29) is 17.2 Å². The molecule has 0 bridgehead atoms. The predicted molar refractivity (Wildman–Crippen MR) is 124 cm³/mol. The Morgan fingerprint density at radius 2 is 1.81 bits per heavy atom. The smallest absolute Gasteiger partial charge is 0.478 e. The van der Waals surface area contributed by atoms with Crippen LogP contribution in [0.3, 0.4) is 0 Å². The largest absolute Gasteiger partial charge is 0.573 e. The molecule has 0 radical (unpaired) electrons. The van der Waals surface area contributed by atoms with Crippen molar-refractivity contribution >= 4 is 17.7 Å². The van der Waals surface area contributed by atoms with E-state index in [4.69, 9.17) is 9.84 Å². The average molecular weight is 505 g/mol. The number of benzene rings is 2. The maximum absolute atomic E-state index is 12.8. The van der Waals surface area contributed by atoms with Crippen LogP contribution < -0.4 is 9.64 Å². The van der Waals surface area contributed by atoms with Crippen molar-refractivity contribution in [2.24, 2.45) is 0 Å². The zero-order valence-electron chi connectivity index (χ0n) is 19.6. The van der Waals surface area contributed by atoms with Gasteiger partial charge in [-0.1, -0.05) is 18.6 Å². The normalized spacial score (nSPS) is 20.3. The lowest BCUT2D eigenvalue weighted by Gasteiger charge is -2.37. The summed E-state index contributed by atoms with van der Waals surface area (Å²) in [5.41, 5.74) is 1.69. The number of carbonyl (C=O) groups is 2. The molecule has 5 rings (SSSR count). The van der Waals surface area contributed by atoms with Crippen LogP contribution >= 0.6 is 0 Å². The van der Waals surface area contributed by atoms with Gasteiger partial charge >= 0.3 is 18.4 Å². The number of alkyl halides is 3. The minimum absolute atomic E-state index is 0.0976. The van der Waals surface area contributed by atoms with E-state index in [9.17, 15) is 22.8 Å². The number of likely N-dealkylation sites (tertiary alicyclic amines) is 1. The number of anilines is 1. The van der Waals surface area contributed by atoms with Crippen molar-refractivity contribution in [2.75, 3.05) is 24.5 Å². The predicted octanol–water partition coefficient (Wildman–Crippen LogP) is 5.54. The average Bonchev–Trinajstić information content (AvgIpc) is 3.11. The number of hydrogen-bond acceptors (Lipinski definition) is 5. The summed E-state index contributed by atoms with van der Waals surface area (Å²) in [4.78, 5) is 27.4. The fourth-order valence-electron chi connectivity index (χ4n) is 5.20. The van der Waals surface area contributed by atoms with Gasteiger partial charge in [0.2, 0.25) is 0 Å². The summed E-state index contributed by atoms with van der Waals surface area (Å²) in [7, 11) is 0. The highest BCUT2D eigenvalue weighted by Gasteiger charge is 2.47. The molecule has 1 spiro atoms. The second kappa shape index (κ2) is 9.31. The van der Waals surface area contributed by atoms with E-state index in [0.717, 1.165) is 24.8 Å². The lowest BCUT2D eigenvalue weighted by Crippen LogP contribution is -2.46. The number of aromatic carboxylic acids is 1. The topological polar surface area (TPSA) is 79.3 Å². The molecule has 2 aromatic rings. The molecule has 1 saturated carbocycles. The van der Waals surface area contributed by atoms with Gasteiger partial charge in [-0.3, -0.25) is 9.80 Å². The van der Waals surface area contributed by atoms with Gasteiger partial charge in [-0.05, 0) is 60.2 Å². The molecule has 2 saturated heterocycles. The summed E-state index contributed by atoms with van der Waals surface area (Å²) in [6.07, 6.45) is -1.16. The van der Waals surface area contributed by atoms with Crippen molar-refractivity contribution in [2.45, 2.75) is 56.5 Å². The molecule has 192 valence electrons. The van der Waals surface area contributed by atoms with Crippen LogP contribution in [-0.2, 0) is 11.3 Å². The lowest BCUT2D eigenvalue weighted by atomic mass is 9.79. The van der Waals surface area contributed by atoms with E-state index in [2.05, 4.69) is 9.64 Å². The molecule has 3 aliphatic rings. The number of amides is 1. The first kappa shape index (κ1) is 24.4. The number of ether oxygens (including phenoxy) is 2. The van der Waals surface area contributed by atoms with Crippen molar-refractivity contribution in [1.82, 2.24) is 4.90 Å².